The van der Waals surface area contributed by atoms with Crippen molar-refractivity contribution >= 4 is 23.2 Å². The van der Waals surface area contributed by atoms with Gasteiger partial charge in [0.1, 0.15) is 6.04 Å². The SMILES string of the molecule is Cc1ncsc1-c1ccc(CNC(=O)[C@@H]2CC(O)CN2C(=O)C2(C)CCCCC2)cc1. The van der Waals surface area contributed by atoms with Gasteiger partial charge in [0.05, 0.1) is 22.2 Å². The number of β-amino-alcohol motifs (C(OH)–C–C–N with tert-alkyl or cyclic N) is 1. The topological polar surface area (TPSA) is 82.5 Å². The number of aryl methyl sites for hydroxylation is 1. The van der Waals surface area contributed by atoms with Gasteiger partial charge in [-0.15, -0.1) is 11.3 Å². The molecule has 1 saturated carbocycles. The Hall–Kier alpha value is -2.25. The van der Waals surface area contributed by atoms with Gasteiger partial charge >= 0.3 is 0 Å². The van der Waals surface area contributed by atoms with Gasteiger partial charge < -0.3 is 15.3 Å². The maximum Gasteiger partial charge on any atom is 0.243 e. The molecule has 1 aliphatic carbocycles. The minimum atomic E-state index is -0.645. The van der Waals surface area contributed by atoms with Crippen molar-refractivity contribution in [3.8, 4) is 10.4 Å². The Kier molecular flexibility index (Phi) is 6.44. The van der Waals surface area contributed by atoms with Crippen molar-refractivity contribution in [2.24, 2.45) is 5.41 Å². The fraction of sp³-hybridized carbons (Fsp3) is 0.542. The molecule has 2 N–H and O–H groups in total. The number of carbonyl (C=O) groups is 2. The van der Waals surface area contributed by atoms with E-state index in [4.69, 9.17) is 0 Å². The molecule has 1 saturated heterocycles. The van der Waals surface area contributed by atoms with Crippen LogP contribution in [0.3, 0.4) is 0 Å². The highest BCUT2D eigenvalue weighted by Crippen LogP contribution is 2.39. The molecule has 2 heterocycles. The molecule has 2 atom stereocenters. The number of aliphatic hydroxyl groups is 1. The first kappa shape index (κ1) is 22.0. The lowest BCUT2D eigenvalue weighted by atomic mass is 9.74. The van der Waals surface area contributed by atoms with Crippen LogP contribution in [0, 0.1) is 12.3 Å². The lowest BCUT2D eigenvalue weighted by Crippen LogP contribution is -2.51. The molecule has 2 amide bonds. The molecule has 2 fully saturated rings. The van der Waals surface area contributed by atoms with E-state index in [0.717, 1.165) is 53.8 Å². The van der Waals surface area contributed by atoms with E-state index in [0.29, 0.717) is 13.0 Å². The van der Waals surface area contributed by atoms with Gasteiger partial charge in [0.15, 0.2) is 0 Å². The summed E-state index contributed by atoms with van der Waals surface area (Å²) in [4.78, 5) is 33.3. The van der Waals surface area contributed by atoms with Crippen molar-refractivity contribution in [2.75, 3.05) is 6.54 Å². The van der Waals surface area contributed by atoms with E-state index in [-0.39, 0.29) is 18.4 Å². The lowest BCUT2D eigenvalue weighted by Gasteiger charge is -2.37. The number of carbonyl (C=O) groups excluding carboxylic acids is 2. The average molecular weight is 442 g/mol. The molecule has 7 heteroatoms. The first-order chi connectivity index (χ1) is 14.9. The van der Waals surface area contributed by atoms with E-state index in [1.165, 1.54) is 0 Å². The Morgan fingerprint density at radius 1 is 1.23 bits per heavy atom. The zero-order valence-electron chi connectivity index (χ0n) is 18.3. The number of hydrogen-bond acceptors (Lipinski definition) is 5. The Morgan fingerprint density at radius 2 is 1.94 bits per heavy atom. The van der Waals surface area contributed by atoms with Crippen molar-refractivity contribution in [3.05, 3.63) is 41.0 Å². The van der Waals surface area contributed by atoms with E-state index >= 15 is 0 Å². The Morgan fingerprint density at radius 3 is 2.58 bits per heavy atom. The van der Waals surface area contributed by atoms with Gasteiger partial charge in [-0.1, -0.05) is 50.5 Å². The Bertz CT molecular complexity index is 934. The minimum Gasteiger partial charge on any atom is -0.391 e. The van der Waals surface area contributed by atoms with E-state index in [1.54, 1.807) is 16.2 Å². The first-order valence-electron chi connectivity index (χ1n) is 11.1. The number of likely N-dealkylation sites (tertiary alicyclic amines) is 1. The molecule has 0 radical (unpaired) electrons. The molecule has 0 spiro atoms. The van der Waals surface area contributed by atoms with Crippen LogP contribution >= 0.6 is 11.3 Å². The predicted molar refractivity (Wildman–Crippen MR) is 121 cm³/mol. The molecule has 4 rings (SSSR count). The van der Waals surface area contributed by atoms with Crippen LogP contribution < -0.4 is 5.32 Å². The van der Waals surface area contributed by atoms with E-state index < -0.39 is 17.6 Å². The second-order valence-corrected chi connectivity index (χ2v) is 10.0. The quantitative estimate of drug-likeness (QED) is 0.742. The lowest BCUT2D eigenvalue weighted by molar-refractivity contribution is -0.148. The summed E-state index contributed by atoms with van der Waals surface area (Å²) in [5, 5.41) is 13.2. The Balaban J connectivity index is 1.39. The zero-order valence-corrected chi connectivity index (χ0v) is 19.1. The maximum atomic E-state index is 13.3. The largest absolute Gasteiger partial charge is 0.391 e. The van der Waals surface area contributed by atoms with Gasteiger partial charge in [0, 0.05) is 24.9 Å². The third-order valence-corrected chi connectivity index (χ3v) is 7.72. The molecule has 1 aromatic carbocycles. The molecule has 31 heavy (non-hydrogen) atoms. The van der Waals surface area contributed by atoms with E-state index in [9.17, 15) is 14.7 Å². The number of aromatic nitrogens is 1. The summed E-state index contributed by atoms with van der Waals surface area (Å²) in [7, 11) is 0. The van der Waals surface area contributed by atoms with E-state index in [2.05, 4.69) is 10.3 Å². The summed E-state index contributed by atoms with van der Waals surface area (Å²) < 4.78 is 0. The van der Waals surface area contributed by atoms with Gasteiger partial charge in [-0.05, 0) is 30.9 Å². The van der Waals surface area contributed by atoms with Gasteiger partial charge in [0.2, 0.25) is 11.8 Å². The molecule has 1 aliphatic heterocycles. The van der Waals surface area contributed by atoms with Gasteiger partial charge in [-0.25, -0.2) is 4.98 Å². The number of aliphatic hydroxyl groups excluding tert-OH is 1. The van der Waals surface area contributed by atoms with Crippen molar-refractivity contribution < 1.29 is 14.7 Å². The second-order valence-electron chi connectivity index (χ2n) is 9.17. The van der Waals surface area contributed by atoms with Crippen molar-refractivity contribution in [1.82, 2.24) is 15.2 Å². The molecule has 6 nitrogen and oxygen atoms in total. The van der Waals surface area contributed by atoms with Crippen LogP contribution in [0.1, 0.15) is 56.7 Å². The second kappa shape index (κ2) is 9.09. The molecular formula is C24H31N3O3S. The summed E-state index contributed by atoms with van der Waals surface area (Å²) >= 11 is 1.62. The molecule has 2 aromatic rings. The number of benzene rings is 1. The highest BCUT2D eigenvalue weighted by molar-refractivity contribution is 7.13. The van der Waals surface area contributed by atoms with Gasteiger partial charge in [-0.2, -0.15) is 0 Å². The van der Waals surface area contributed by atoms with Crippen LogP contribution in [0.25, 0.3) is 10.4 Å². The zero-order chi connectivity index (χ0) is 22.0. The number of nitrogens with one attached hydrogen (secondary N) is 1. The van der Waals surface area contributed by atoms with E-state index in [1.807, 2.05) is 43.6 Å². The van der Waals surface area contributed by atoms with Crippen LogP contribution in [-0.4, -0.2) is 45.5 Å². The van der Waals surface area contributed by atoms with Crippen LogP contribution in [0.2, 0.25) is 0 Å². The number of thiazole rings is 1. The first-order valence-corrected chi connectivity index (χ1v) is 12.0. The number of rotatable bonds is 5. The van der Waals surface area contributed by atoms with Crippen molar-refractivity contribution in [2.45, 2.75) is 71.1 Å². The Labute approximate surface area is 187 Å². The minimum absolute atomic E-state index is 0.0215. The summed E-state index contributed by atoms with van der Waals surface area (Å²) in [6.07, 6.45) is 4.64. The van der Waals surface area contributed by atoms with Gasteiger partial charge in [-0.3, -0.25) is 9.59 Å². The van der Waals surface area contributed by atoms with Crippen LogP contribution in [0.4, 0.5) is 0 Å². The molecule has 2 aliphatic rings. The third kappa shape index (κ3) is 4.67. The summed E-state index contributed by atoms with van der Waals surface area (Å²) in [5.74, 6) is -0.167. The summed E-state index contributed by atoms with van der Waals surface area (Å²) in [6, 6.07) is 7.50. The normalized spacial score (nSPS) is 23.0. The van der Waals surface area contributed by atoms with Crippen molar-refractivity contribution in [3.63, 3.8) is 0 Å². The smallest absolute Gasteiger partial charge is 0.243 e. The number of hydrogen-bond donors (Lipinski definition) is 2. The molecular weight excluding hydrogens is 410 g/mol. The molecule has 0 bridgehead atoms. The highest BCUT2D eigenvalue weighted by atomic mass is 32.1. The fourth-order valence-electron chi connectivity index (χ4n) is 4.84. The number of nitrogens with zero attached hydrogens (tertiary/aromatic N) is 2. The molecule has 1 aromatic heterocycles. The van der Waals surface area contributed by atoms with Gasteiger partial charge in [0.25, 0.3) is 0 Å². The van der Waals surface area contributed by atoms with Crippen LogP contribution in [-0.2, 0) is 16.1 Å². The standard InChI is InChI=1S/C24H31N3O3S/c1-16-21(31-15-26-16)18-8-6-17(7-9-18)13-25-22(29)20-12-19(28)14-27(20)23(30)24(2)10-4-3-5-11-24/h6-9,15,19-20,28H,3-5,10-14H2,1-2H3,(H,25,29)/t19?,20-/m0/s1. The van der Waals surface area contributed by atoms with Crippen LogP contribution in [0.15, 0.2) is 29.8 Å². The number of amides is 2. The molecule has 166 valence electrons. The van der Waals surface area contributed by atoms with Crippen molar-refractivity contribution in [1.29, 1.82) is 0 Å². The monoisotopic (exact) mass is 441 g/mol. The highest BCUT2D eigenvalue weighted by Gasteiger charge is 2.45. The third-order valence-electron chi connectivity index (χ3n) is 6.74. The maximum absolute atomic E-state index is 13.3. The van der Waals surface area contributed by atoms with Crippen LogP contribution in [0.5, 0.6) is 0 Å². The summed E-state index contributed by atoms with van der Waals surface area (Å²) in [6.45, 7) is 4.65. The average Bonchev–Trinajstić information content (AvgIpc) is 3.38. The fourth-order valence-corrected chi connectivity index (χ4v) is 5.65. The molecule has 1 unspecified atom stereocenters. The summed E-state index contributed by atoms with van der Waals surface area (Å²) in [5.41, 5.74) is 4.56. The predicted octanol–water partition coefficient (Wildman–Crippen LogP) is 3.67.